The molecule has 1 heterocycles. The summed E-state index contributed by atoms with van der Waals surface area (Å²) in [6.45, 7) is 1.21. The third kappa shape index (κ3) is 2.22. The van der Waals surface area contributed by atoms with E-state index in [1.807, 2.05) is 0 Å². The first-order valence-electron chi connectivity index (χ1n) is 4.47. The first kappa shape index (κ1) is 11.8. The number of carbonyl (C=O) groups excluding carboxylic acids is 3. The number of carbonyl (C=O) groups is 3. The molecular weight excluding hydrogens is 210 g/mol. The number of nitrogens with one attached hydrogen (secondary N) is 1. The highest BCUT2D eigenvalue weighted by Gasteiger charge is 2.34. The van der Waals surface area contributed by atoms with Gasteiger partial charge in [0, 0.05) is 6.92 Å². The summed E-state index contributed by atoms with van der Waals surface area (Å²) in [6.07, 6.45) is 1.97. The van der Waals surface area contributed by atoms with Crippen LogP contribution in [0.2, 0.25) is 0 Å². The summed E-state index contributed by atoms with van der Waals surface area (Å²) in [5.41, 5.74) is 4.22. The molecule has 0 fully saturated rings. The standard InChI is InChI=1S/C10H11N3O3/c1-7(16)13-10(5-14,6-15)9-3-2-8(11)4-12-9/h2-6H,11H2,1H3,(H,13,16). The summed E-state index contributed by atoms with van der Waals surface area (Å²) in [5, 5.41) is 2.25. The summed E-state index contributed by atoms with van der Waals surface area (Å²) in [4.78, 5) is 36.7. The Morgan fingerprint density at radius 2 is 2.06 bits per heavy atom. The molecule has 6 nitrogen and oxygen atoms in total. The van der Waals surface area contributed by atoms with Crippen LogP contribution in [-0.2, 0) is 19.9 Å². The Bertz CT molecular complexity index is 406. The average Bonchev–Trinajstić information content (AvgIpc) is 2.27. The van der Waals surface area contributed by atoms with Gasteiger partial charge in [-0.1, -0.05) is 0 Å². The SMILES string of the molecule is CC(=O)NC(C=O)(C=O)c1ccc(N)cn1. The minimum absolute atomic E-state index is 0.127. The van der Waals surface area contributed by atoms with Gasteiger partial charge in [0.1, 0.15) is 0 Å². The third-order valence-corrected chi connectivity index (χ3v) is 1.96. The van der Waals surface area contributed by atoms with E-state index in [2.05, 4.69) is 10.3 Å². The smallest absolute Gasteiger partial charge is 0.218 e. The molecule has 0 saturated carbocycles. The molecule has 84 valence electrons. The Balaban J connectivity index is 3.19. The van der Waals surface area contributed by atoms with Crippen molar-refractivity contribution in [3.63, 3.8) is 0 Å². The Morgan fingerprint density at radius 3 is 2.44 bits per heavy atom. The minimum atomic E-state index is -1.74. The van der Waals surface area contributed by atoms with Crippen molar-refractivity contribution in [3.8, 4) is 0 Å². The summed E-state index contributed by atoms with van der Waals surface area (Å²) < 4.78 is 0. The fourth-order valence-corrected chi connectivity index (χ4v) is 1.21. The molecule has 0 saturated heterocycles. The van der Waals surface area contributed by atoms with Crippen molar-refractivity contribution in [1.29, 1.82) is 0 Å². The molecule has 0 aliphatic carbocycles. The summed E-state index contributed by atoms with van der Waals surface area (Å²) >= 11 is 0. The van der Waals surface area contributed by atoms with Gasteiger partial charge in [0.05, 0.1) is 17.6 Å². The Morgan fingerprint density at radius 1 is 1.44 bits per heavy atom. The molecule has 0 aliphatic rings. The van der Waals surface area contributed by atoms with Gasteiger partial charge in [-0.25, -0.2) is 0 Å². The predicted molar refractivity (Wildman–Crippen MR) is 56.3 cm³/mol. The molecule has 0 unspecified atom stereocenters. The lowest BCUT2D eigenvalue weighted by Crippen LogP contribution is -2.48. The van der Waals surface area contributed by atoms with E-state index in [9.17, 15) is 14.4 Å². The number of aromatic nitrogens is 1. The fourth-order valence-electron chi connectivity index (χ4n) is 1.21. The number of nitrogens with two attached hydrogens (primary N) is 1. The average molecular weight is 221 g/mol. The molecule has 16 heavy (non-hydrogen) atoms. The zero-order valence-corrected chi connectivity index (χ0v) is 8.64. The number of amides is 1. The lowest BCUT2D eigenvalue weighted by atomic mass is 9.98. The van der Waals surface area contributed by atoms with Crippen LogP contribution in [0.5, 0.6) is 0 Å². The highest BCUT2D eigenvalue weighted by molar-refractivity contribution is 5.95. The molecule has 0 spiro atoms. The van der Waals surface area contributed by atoms with E-state index < -0.39 is 11.4 Å². The maximum atomic E-state index is 11.0. The zero-order chi connectivity index (χ0) is 12.2. The van der Waals surface area contributed by atoms with Crippen molar-refractivity contribution in [1.82, 2.24) is 10.3 Å². The van der Waals surface area contributed by atoms with Gasteiger partial charge in [-0.2, -0.15) is 0 Å². The molecule has 6 heteroatoms. The number of hydrogen-bond acceptors (Lipinski definition) is 5. The van der Waals surface area contributed by atoms with Crippen molar-refractivity contribution in [2.75, 3.05) is 5.73 Å². The van der Waals surface area contributed by atoms with E-state index in [4.69, 9.17) is 5.73 Å². The molecular formula is C10H11N3O3. The van der Waals surface area contributed by atoms with Crippen LogP contribution in [0.3, 0.4) is 0 Å². The molecule has 1 aromatic rings. The number of pyridine rings is 1. The number of anilines is 1. The van der Waals surface area contributed by atoms with Crippen LogP contribution in [0.25, 0.3) is 0 Å². The molecule has 0 radical (unpaired) electrons. The summed E-state index contributed by atoms with van der Waals surface area (Å²) in [5.74, 6) is -0.502. The van der Waals surface area contributed by atoms with Crippen LogP contribution in [0.4, 0.5) is 5.69 Å². The molecule has 3 N–H and O–H groups in total. The lowest BCUT2D eigenvalue weighted by Gasteiger charge is -2.21. The van der Waals surface area contributed by atoms with Crippen molar-refractivity contribution in [2.24, 2.45) is 0 Å². The monoisotopic (exact) mass is 221 g/mol. The predicted octanol–water partition coefficient (Wildman–Crippen LogP) is -0.607. The van der Waals surface area contributed by atoms with Crippen LogP contribution in [-0.4, -0.2) is 23.5 Å². The highest BCUT2D eigenvalue weighted by atomic mass is 16.2. The van der Waals surface area contributed by atoms with E-state index in [1.165, 1.54) is 25.3 Å². The van der Waals surface area contributed by atoms with E-state index in [1.54, 1.807) is 0 Å². The Hall–Kier alpha value is -2.24. The van der Waals surface area contributed by atoms with Crippen molar-refractivity contribution in [3.05, 3.63) is 24.0 Å². The van der Waals surface area contributed by atoms with E-state index in [0.717, 1.165) is 0 Å². The third-order valence-electron chi connectivity index (χ3n) is 1.96. The van der Waals surface area contributed by atoms with Crippen LogP contribution in [0.15, 0.2) is 18.3 Å². The maximum Gasteiger partial charge on any atom is 0.218 e. The van der Waals surface area contributed by atoms with Gasteiger partial charge >= 0.3 is 0 Å². The molecule has 1 aromatic heterocycles. The zero-order valence-electron chi connectivity index (χ0n) is 8.64. The van der Waals surface area contributed by atoms with Crippen LogP contribution in [0.1, 0.15) is 12.6 Å². The van der Waals surface area contributed by atoms with Crippen LogP contribution >= 0.6 is 0 Å². The number of nitrogen functional groups attached to an aromatic ring is 1. The molecule has 0 bridgehead atoms. The van der Waals surface area contributed by atoms with E-state index >= 15 is 0 Å². The van der Waals surface area contributed by atoms with Crippen molar-refractivity contribution in [2.45, 2.75) is 12.5 Å². The summed E-state index contributed by atoms with van der Waals surface area (Å²) in [6, 6.07) is 2.90. The number of hydrogen-bond donors (Lipinski definition) is 2. The second-order valence-electron chi connectivity index (χ2n) is 3.26. The summed E-state index contributed by atoms with van der Waals surface area (Å²) in [7, 11) is 0. The lowest BCUT2D eigenvalue weighted by molar-refractivity contribution is -0.130. The van der Waals surface area contributed by atoms with Crippen LogP contribution in [0, 0.1) is 0 Å². The highest BCUT2D eigenvalue weighted by Crippen LogP contribution is 2.15. The molecule has 1 amide bonds. The first-order chi connectivity index (χ1) is 7.54. The fraction of sp³-hybridized carbons (Fsp3) is 0.200. The van der Waals surface area contributed by atoms with E-state index in [-0.39, 0.29) is 5.69 Å². The van der Waals surface area contributed by atoms with Gasteiger partial charge in [-0.15, -0.1) is 0 Å². The van der Waals surface area contributed by atoms with Gasteiger partial charge in [-0.05, 0) is 12.1 Å². The molecule has 1 rings (SSSR count). The van der Waals surface area contributed by atoms with Gasteiger partial charge in [0.15, 0.2) is 18.1 Å². The second-order valence-corrected chi connectivity index (χ2v) is 3.26. The molecule has 0 atom stereocenters. The van der Waals surface area contributed by atoms with Gasteiger partial charge in [0.2, 0.25) is 5.91 Å². The van der Waals surface area contributed by atoms with Gasteiger partial charge in [0.25, 0.3) is 0 Å². The normalized spacial score (nSPS) is 10.6. The van der Waals surface area contributed by atoms with Crippen molar-refractivity contribution >= 4 is 24.2 Å². The Kier molecular flexibility index (Phi) is 3.34. The minimum Gasteiger partial charge on any atom is -0.397 e. The largest absolute Gasteiger partial charge is 0.397 e. The molecule has 0 aromatic carbocycles. The topological polar surface area (TPSA) is 102 Å². The molecule has 0 aliphatic heterocycles. The van der Waals surface area contributed by atoms with Crippen molar-refractivity contribution < 1.29 is 14.4 Å². The Labute approximate surface area is 91.9 Å². The first-order valence-corrected chi connectivity index (χ1v) is 4.47. The second kappa shape index (κ2) is 4.52. The van der Waals surface area contributed by atoms with Gasteiger partial charge in [-0.3, -0.25) is 19.4 Å². The van der Waals surface area contributed by atoms with E-state index in [0.29, 0.717) is 18.3 Å². The maximum absolute atomic E-state index is 11.0. The number of rotatable bonds is 4. The van der Waals surface area contributed by atoms with Gasteiger partial charge < -0.3 is 11.1 Å². The number of aldehydes is 2. The number of nitrogens with zero attached hydrogens (tertiary/aromatic N) is 1. The quantitative estimate of drug-likeness (QED) is 0.521. The van der Waals surface area contributed by atoms with Crippen LogP contribution < -0.4 is 11.1 Å².